The molecule has 19 heavy (non-hydrogen) atoms. The van der Waals surface area contributed by atoms with Crippen LogP contribution in [-0.2, 0) is 4.74 Å². The van der Waals surface area contributed by atoms with Crippen LogP contribution in [0.4, 0.5) is 0 Å². The Morgan fingerprint density at radius 1 is 1.26 bits per heavy atom. The molecule has 2 aliphatic carbocycles. The first-order chi connectivity index (χ1) is 8.86. The van der Waals surface area contributed by atoms with Gasteiger partial charge in [-0.3, -0.25) is 0 Å². The van der Waals surface area contributed by atoms with Crippen molar-refractivity contribution in [2.45, 2.75) is 91.5 Å². The number of fused-ring (bicyclic) bond motifs is 2. The number of rotatable bonds is 6. The monoisotopic (exact) mass is 268 g/mol. The molecule has 2 rings (SSSR count). The third kappa shape index (κ3) is 2.35. The summed E-state index contributed by atoms with van der Waals surface area (Å²) in [5, 5.41) is 10.2. The van der Waals surface area contributed by atoms with Crippen LogP contribution in [0.15, 0.2) is 0 Å². The van der Waals surface area contributed by atoms with E-state index in [2.05, 4.69) is 34.6 Å². The summed E-state index contributed by atoms with van der Waals surface area (Å²) in [7, 11) is 0. The summed E-state index contributed by atoms with van der Waals surface area (Å²) < 4.78 is 6.40. The van der Waals surface area contributed by atoms with Crippen molar-refractivity contribution in [3.8, 4) is 0 Å². The fourth-order valence-corrected chi connectivity index (χ4v) is 4.49. The van der Waals surface area contributed by atoms with Gasteiger partial charge in [-0.2, -0.15) is 0 Å². The first kappa shape index (κ1) is 15.3. The number of ether oxygens (including phenoxy) is 1. The molecule has 2 heteroatoms. The number of hydrogen-bond donors (Lipinski definition) is 1. The second-order valence-electron chi connectivity index (χ2n) is 7.54. The van der Waals surface area contributed by atoms with Gasteiger partial charge in [-0.1, -0.05) is 41.0 Å². The number of hydrogen-bond acceptors (Lipinski definition) is 2. The maximum Gasteiger partial charge on any atom is 0.0835 e. The minimum absolute atomic E-state index is 0.0249. The van der Waals surface area contributed by atoms with Gasteiger partial charge in [0.1, 0.15) is 0 Å². The molecule has 0 aromatic heterocycles. The zero-order valence-electron chi connectivity index (χ0n) is 13.4. The van der Waals surface area contributed by atoms with Crippen LogP contribution in [0.25, 0.3) is 0 Å². The lowest BCUT2D eigenvalue weighted by Crippen LogP contribution is -2.41. The van der Waals surface area contributed by atoms with Crippen molar-refractivity contribution in [3.05, 3.63) is 0 Å². The highest BCUT2D eigenvalue weighted by Gasteiger charge is 2.62. The van der Waals surface area contributed by atoms with Crippen molar-refractivity contribution in [2.24, 2.45) is 16.7 Å². The molecule has 2 saturated carbocycles. The second-order valence-corrected chi connectivity index (χ2v) is 7.54. The van der Waals surface area contributed by atoms with Crippen LogP contribution in [0, 0.1) is 16.7 Å². The van der Waals surface area contributed by atoms with E-state index in [-0.39, 0.29) is 12.2 Å². The van der Waals surface area contributed by atoms with Crippen LogP contribution < -0.4 is 0 Å². The van der Waals surface area contributed by atoms with Gasteiger partial charge in [-0.15, -0.1) is 0 Å². The van der Waals surface area contributed by atoms with Crippen molar-refractivity contribution in [2.75, 3.05) is 0 Å². The normalized spacial score (nSPS) is 39.5. The molecule has 5 unspecified atom stereocenters. The predicted octanol–water partition coefficient (Wildman–Crippen LogP) is 4.16. The molecule has 2 fully saturated rings. The molecule has 0 saturated heterocycles. The molecule has 0 aromatic rings. The molecule has 0 aliphatic heterocycles. The highest BCUT2D eigenvalue weighted by atomic mass is 16.5. The lowest BCUT2D eigenvalue weighted by molar-refractivity contribution is -0.126. The first-order valence-corrected chi connectivity index (χ1v) is 8.20. The smallest absolute Gasteiger partial charge is 0.0835 e. The molecule has 0 amide bonds. The van der Waals surface area contributed by atoms with E-state index in [0.717, 1.165) is 25.2 Å². The third-order valence-corrected chi connectivity index (χ3v) is 6.47. The van der Waals surface area contributed by atoms with Gasteiger partial charge in [0.15, 0.2) is 0 Å². The van der Waals surface area contributed by atoms with Gasteiger partial charge in [-0.05, 0) is 48.9 Å². The Kier molecular flexibility index (Phi) is 4.32. The quantitative estimate of drug-likeness (QED) is 0.784. The Morgan fingerprint density at radius 2 is 1.95 bits per heavy atom. The van der Waals surface area contributed by atoms with Gasteiger partial charge in [0.05, 0.1) is 18.3 Å². The third-order valence-electron chi connectivity index (χ3n) is 6.47. The zero-order valence-corrected chi connectivity index (χ0v) is 13.4. The van der Waals surface area contributed by atoms with E-state index in [1.807, 2.05) is 0 Å². The topological polar surface area (TPSA) is 29.5 Å². The Bertz CT molecular complexity index is 312. The van der Waals surface area contributed by atoms with E-state index in [9.17, 15) is 5.11 Å². The van der Waals surface area contributed by atoms with Crippen LogP contribution >= 0.6 is 0 Å². The van der Waals surface area contributed by atoms with Gasteiger partial charge in [0, 0.05) is 0 Å². The van der Waals surface area contributed by atoms with Gasteiger partial charge >= 0.3 is 0 Å². The molecule has 0 aromatic carbocycles. The standard InChI is InChI=1S/C17H32O2/c1-6-8-13(18)14(7-2)19-15-11-12-9-10-17(15,5)16(12,3)4/h12-15,18H,6-11H2,1-5H3. The lowest BCUT2D eigenvalue weighted by atomic mass is 9.70. The summed E-state index contributed by atoms with van der Waals surface area (Å²) in [5.41, 5.74) is 0.697. The summed E-state index contributed by atoms with van der Waals surface area (Å²) in [4.78, 5) is 0. The van der Waals surface area contributed by atoms with E-state index < -0.39 is 0 Å². The Hall–Kier alpha value is -0.0800. The fourth-order valence-electron chi connectivity index (χ4n) is 4.49. The number of aliphatic hydroxyl groups is 1. The van der Waals surface area contributed by atoms with Crippen LogP contribution in [-0.4, -0.2) is 23.4 Å². The Morgan fingerprint density at radius 3 is 2.37 bits per heavy atom. The summed E-state index contributed by atoms with van der Waals surface area (Å²) >= 11 is 0. The van der Waals surface area contributed by atoms with Crippen molar-refractivity contribution in [1.82, 2.24) is 0 Å². The molecular weight excluding hydrogens is 236 g/mol. The van der Waals surface area contributed by atoms with Crippen molar-refractivity contribution < 1.29 is 9.84 Å². The molecule has 0 spiro atoms. The Labute approximate surface area is 118 Å². The lowest BCUT2D eigenvalue weighted by Gasteiger charge is -2.41. The number of aliphatic hydroxyl groups excluding tert-OH is 1. The fraction of sp³-hybridized carbons (Fsp3) is 1.00. The van der Waals surface area contributed by atoms with Crippen molar-refractivity contribution >= 4 is 0 Å². The SMILES string of the molecule is CCCC(O)C(CC)OC1CC2CCC1(C)C2(C)C. The van der Waals surface area contributed by atoms with Gasteiger partial charge < -0.3 is 9.84 Å². The van der Waals surface area contributed by atoms with Crippen molar-refractivity contribution in [1.29, 1.82) is 0 Å². The van der Waals surface area contributed by atoms with E-state index in [4.69, 9.17) is 4.74 Å². The van der Waals surface area contributed by atoms with E-state index in [1.165, 1.54) is 19.3 Å². The maximum absolute atomic E-state index is 10.2. The minimum Gasteiger partial charge on any atom is -0.390 e. The molecular formula is C17H32O2. The second kappa shape index (κ2) is 5.37. The Balaban J connectivity index is 2.04. The van der Waals surface area contributed by atoms with Gasteiger partial charge in [0.25, 0.3) is 0 Å². The molecule has 2 aliphatic rings. The average Bonchev–Trinajstić information content (AvgIpc) is 2.68. The van der Waals surface area contributed by atoms with Crippen LogP contribution in [0.3, 0.4) is 0 Å². The molecule has 1 N–H and O–H groups in total. The highest BCUT2D eigenvalue weighted by molar-refractivity contribution is 5.11. The average molecular weight is 268 g/mol. The maximum atomic E-state index is 10.2. The zero-order chi connectivity index (χ0) is 14.3. The molecule has 0 heterocycles. The molecule has 2 nitrogen and oxygen atoms in total. The van der Waals surface area contributed by atoms with E-state index >= 15 is 0 Å². The summed E-state index contributed by atoms with van der Waals surface area (Å²) in [6.45, 7) is 11.5. The summed E-state index contributed by atoms with van der Waals surface area (Å²) in [6, 6.07) is 0. The molecule has 112 valence electrons. The van der Waals surface area contributed by atoms with Crippen LogP contribution in [0.2, 0.25) is 0 Å². The van der Waals surface area contributed by atoms with Crippen LogP contribution in [0.1, 0.15) is 73.1 Å². The van der Waals surface area contributed by atoms with E-state index in [1.54, 1.807) is 0 Å². The molecule has 2 bridgehead atoms. The first-order valence-electron chi connectivity index (χ1n) is 8.20. The predicted molar refractivity (Wildman–Crippen MR) is 79.1 cm³/mol. The van der Waals surface area contributed by atoms with Gasteiger partial charge in [-0.25, -0.2) is 0 Å². The largest absolute Gasteiger partial charge is 0.390 e. The van der Waals surface area contributed by atoms with Crippen molar-refractivity contribution in [3.63, 3.8) is 0 Å². The minimum atomic E-state index is -0.291. The van der Waals surface area contributed by atoms with Crippen LogP contribution in [0.5, 0.6) is 0 Å². The molecule has 0 radical (unpaired) electrons. The van der Waals surface area contributed by atoms with E-state index in [0.29, 0.717) is 16.9 Å². The highest BCUT2D eigenvalue weighted by Crippen LogP contribution is 2.66. The summed E-state index contributed by atoms with van der Waals surface area (Å²) in [5.74, 6) is 0.809. The molecule has 5 atom stereocenters. The summed E-state index contributed by atoms with van der Waals surface area (Å²) in [6.07, 6.45) is 6.71. The van der Waals surface area contributed by atoms with Gasteiger partial charge in [0.2, 0.25) is 0 Å².